The third-order valence-corrected chi connectivity index (χ3v) is 3.86. The molecule has 0 saturated heterocycles. The molecule has 96 valence electrons. The Bertz CT molecular complexity index is 595. The average molecular weight is 268 g/mol. The van der Waals surface area contributed by atoms with Crippen LogP contribution in [-0.2, 0) is 14.6 Å². The van der Waals surface area contributed by atoms with Crippen LogP contribution in [0, 0.1) is 0 Å². The van der Waals surface area contributed by atoms with Crippen molar-refractivity contribution < 1.29 is 17.9 Å². The summed E-state index contributed by atoms with van der Waals surface area (Å²) in [5, 5.41) is 4.06. The minimum atomic E-state index is -3.14. The van der Waals surface area contributed by atoms with Gasteiger partial charge in [0.2, 0.25) is 0 Å². The van der Waals surface area contributed by atoms with Crippen molar-refractivity contribution in [2.45, 2.75) is 6.04 Å². The van der Waals surface area contributed by atoms with Gasteiger partial charge in [-0.2, -0.15) is 0 Å². The van der Waals surface area contributed by atoms with Crippen molar-refractivity contribution in [3.8, 4) is 0 Å². The second-order valence-electron chi connectivity index (χ2n) is 3.80. The second kappa shape index (κ2) is 4.77. The van der Waals surface area contributed by atoms with E-state index in [-0.39, 0.29) is 17.4 Å². The molecule has 1 aromatic heterocycles. The molecule has 0 spiro atoms. The van der Waals surface area contributed by atoms with Gasteiger partial charge in [0.05, 0.1) is 18.9 Å². The molecular weight excluding hydrogens is 256 g/mol. The number of ether oxygens (including phenoxy) is 1. The van der Waals surface area contributed by atoms with E-state index in [0.717, 1.165) is 5.41 Å². The van der Waals surface area contributed by atoms with E-state index >= 15 is 0 Å². The lowest BCUT2D eigenvalue weighted by molar-refractivity contribution is 0.0601. The van der Waals surface area contributed by atoms with Crippen LogP contribution in [0.15, 0.2) is 29.8 Å². The molecule has 1 atom stereocenters. The predicted molar refractivity (Wildman–Crippen MR) is 65.9 cm³/mol. The Hall–Kier alpha value is -1.89. The highest BCUT2D eigenvalue weighted by Gasteiger charge is 2.23. The van der Waals surface area contributed by atoms with Crippen LogP contribution in [0.5, 0.6) is 0 Å². The number of aromatic nitrogens is 1. The van der Waals surface area contributed by atoms with Gasteiger partial charge < -0.3 is 10.1 Å². The molecule has 1 aromatic rings. The van der Waals surface area contributed by atoms with Crippen molar-refractivity contribution in [2.75, 3.05) is 18.2 Å². The summed E-state index contributed by atoms with van der Waals surface area (Å²) in [6, 6.07) is 2.79. The maximum atomic E-state index is 11.5. The fraction of sp³-hybridized carbons (Fsp3) is 0.273. The van der Waals surface area contributed by atoms with E-state index in [1.807, 2.05) is 0 Å². The lowest BCUT2D eigenvalue weighted by Crippen LogP contribution is -2.23. The summed E-state index contributed by atoms with van der Waals surface area (Å²) in [6.45, 7) is 0. The Kier molecular flexibility index (Phi) is 3.33. The summed E-state index contributed by atoms with van der Waals surface area (Å²) >= 11 is 0. The standard InChI is InChI=1S/C11H12N2O4S/c1-17-11(14)9-3-2-5-12-10(9)13-8-4-6-18(15,16)7-8/h2-6,8H,7H2,1H3,(H,12,13). The maximum absolute atomic E-state index is 11.5. The van der Waals surface area contributed by atoms with Gasteiger partial charge in [0, 0.05) is 11.6 Å². The molecule has 0 aliphatic carbocycles. The Morgan fingerprint density at radius 3 is 2.94 bits per heavy atom. The number of carbonyl (C=O) groups is 1. The first kappa shape index (κ1) is 12.6. The van der Waals surface area contributed by atoms with Gasteiger partial charge in [0.25, 0.3) is 0 Å². The van der Waals surface area contributed by atoms with Crippen LogP contribution in [0.3, 0.4) is 0 Å². The number of nitrogens with one attached hydrogen (secondary N) is 1. The fourth-order valence-electron chi connectivity index (χ4n) is 1.64. The highest BCUT2D eigenvalue weighted by Crippen LogP contribution is 2.17. The predicted octanol–water partition coefficient (Wildman–Crippen LogP) is 0.591. The molecule has 0 aromatic carbocycles. The number of hydrogen-bond donors (Lipinski definition) is 1. The van der Waals surface area contributed by atoms with E-state index < -0.39 is 15.8 Å². The summed E-state index contributed by atoms with van der Waals surface area (Å²) in [5.74, 6) is -0.240. The van der Waals surface area contributed by atoms with Gasteiger partial charge in [-0.15, -0.1) is 0 Å². The number of carbonyl (C=O) groups excluding carboxylic acids is 1. The number of rotatable bonds is 3. The zero-order valence-corrected chi connectivity index (χ0v) is 10.5. The van der Waals surface area contributed by atoms with Gasteiger partial charge >= 0.3 is 5.97 Å². The Labute approximate surface area is 105 Å². The molecule has 2 heterocycles. The molecule has 6 nitrogen and oxygen atoms in total. The van der Waals surface area contributed by atoms with Crippen molar-refractivity contribution >= 4 is 21.6 Å². The van der Waals surface area contributed by atoms with Crippen LogP contribution in [0.2, 0.25) is 0 Å². The highest BCUT2D eigenvalue weighted by molar-refractivity contribution is 7.94. The van der Waals surface area contributed by atoms with E-state index in [1.165, 1.54) is 19.4 Å². The third-order valence-electron chi connectivity index (χ3n) is 2.47. The van der Waals surface area contributed by atoms with Crippen LogP contribution >= 0.6 is 0 Å². The molecule has 0 radical (unpaired) electrons. The molecule has 1 aliphatic heterocycles. The molecule has 2 rings (SSSR count). The lowest BCUT2D eigenvalue weighted by Gasteiger charge is -2.13. The quantitative estimate of drug-likeness (QED) is 0.808. The van der Waals surface area contributed by atoms with E-state index in [4.69, 9.17) is 0 Å². The molecule has 0 saturated carbocycles. The molecule has 1 unspecified atom stereocenters. The first-order valence-corrected chi connectivity index (χ1v) is 6.94. The SMILES string of the molecule is COC(=O)c1cccnc1NC1C=CS(=O)(=O)C1. The largest absolute Gasteiger partial charge is 0.465 e. The van der Waals surface area contributed by atoms with Crippen molar-refractivity contribution in [1.29, 1.82) is 0 Å². The van der Waals surface area contributed by atoms with Crippen molar-refractivity contribution in [2.24, 2.45) is 0 Å². The number of nitrogens with zero attached hydrogens (tertiary/aromatic N) is 1. The number of esters is 1. The summed E-state index contributed by atoms with van der Waals surface area (Å²) in [6.07, 6.45) is 3.05. The van der Waals surface area contributed by atoms with Gasteiger partial charge in [-0.1, -0.05) is 0 Å². The van der Waals surface area contributed by atoms with E-state index in [0.29, 0.717) is 5.82 Å². The zero-order valence-electron chi connectivity index (χ0n) is 9.66. The molecule has 0 bridgehead atoms. The van der Waals surface area contributed by atoms with Gasteiger partial charge in [0.1, 0.15) is 11.4 Å². The highest BCUT2D eigenvalue weighted by atomic mass is 32.2. The molecule has 1 N–H and O–H groups in total. The van der Waals surface area contributed by atoms with Crippen molar-refractivity contribution in [3.05, 3.63) is 35.4 Å². The molecular formula is C11H12N2O4S. The van der Waals surface area contributed by atoms with Gasteiger partial charge in [0.15, 0.2) is 9.84 Å². The van der Waals surface area contributed by atoms with E-state index in [2.05, 4.69) is 15.0 Å². The van der Waals surface area contributed by atoms with E-state index in [9.17, 15) is 13.2 Å². The van der Waals surface area contributed by atoms with Gasteiger partial charge in [-0.25, -0.2) is 18.2 Å². The monoisotopic (exact) mass is 268 g/mol. The minimum absolute atomic E-state index is 0.0375. The summed E-state index contributed by atoms with van der Waals surface area (Å²) in [5.41, 5.74) is 0.276. The Morgan fingerprint density at radius 2 is 2.33 bits per heavy atom. The van der Waals surface area contributed by atoms with E-state index in [1.54, 1.807) is 12.1 Å². The molecule has 1 aliphatic rings. The smallest absolute Gasteiger partial charge is 0.341 e. The van der Waals surface area contributed by atoms with Crippen LogP contribution in [-0.4, -0.2) is 38.3 Å². The number of anilines is 1. The summed E-state index contributed by atoms with van der Waals surface area (Å²) in [4.78, 5) is 15.5. The lowest BCUT2D eigenvalue weighted by atomic mass is 10.2. The summed E-state index contributed by atoms with van der Waals surface area (Å²) in [7, 11) is -1.86. The topological polar surface area (TPSA) is 85.4 Å². The average Bonchev–Trinajstić information content (AvgIpc) is 2.68. The third kappa shape index (κ3) is 2.67. The number of hydrogen-bond acceptors (Lipinski definition) is 6. The van der Waals surface area contributed by atoms with Crippen LogP contribution in [0.1, 0.15) is 10.4 Å². The Morgan fingerprint density at radius 1 is 1.56 bits per heavy atom. The fourth-order valence-corrected chi connectivity index (χ4v) is 2.87. The van der Waals surface area contributed by atoms with Gasteiger partial charge in [-0.3, -0.25) is 0 Å². The molecule has 7 heteroatoms. The van der Waals surface area contributed by atoms with Gasteiger partial charge in [-0.05, 0) is 18.2 Å². The van der Waals surface area contributed by atoms with Crippen molar-refractivity contribution in [3.63, 3.8) is 0 Å². The first-order valence-electron chi connectivity index (χ1n) is 5.22. The zero-order chi connectivity index (χ0) is 13.2. The maximum Gasteiger partial charge on any atom is 0.341 e. The van der Waals surface area contributed by atoms with Crippen LogP contribution in [0.4, 0.5) is 5.82 Å². The van der Waals surface area contributed by atoms with Crippen LogP contribution < -0.4 is 5.32 Å². The second-order valence-corrected chi connectivity index (χ2v) is 5.73. The first-order chi connectivity index (χ1) is 8.52. The summed E-state index contributed by atoms with van der Waals surface area (Å²) < 4.78 is 27.2. The minimum Gasteiger partial charge on any atom is -0.465 e. The number of pyridine rings is 1. The Balaban J connectivity index is 2.20. The number of methoxy groups -OCH3 is 1. The normalized spacial score (nSPS) is 20.6. The molecule has 18 heavy (non-hydrogen) atoms. The number of sulfone groups is 1. The van der Waals surface area contributed by atoms with Crippen molar-refractivity contribution in [1.82, 2.24) is 4.98 Å². The molecule has 0 amide bonds. The molecule has 0 fully saturated rings. The van der Waals surface area contributed by atoms with Crippen LogP contribution in [0.25, 0.3) is 0 Å².